The Bertz CT molecular complexity index is 558. The van der Waals surface area contributed by atoms with E-state index in [1.165, 1.54) is 0 Å². The molecule has 1 heterocycles. The summed E-state index contributed by atoms with van der Waals surface area (Å²) in [6, 6.07) is 6.70. The lowest BCUT2D eigenvalue weighted by Gasteiger charge is -2.25. The number of aromatic nitrogens is 2. The Labute approximate surface area is 112 Å². The van der Waals surface area contributed by atoms with E-state index in [1.54, 1.807) is 18.2 Å². The molecule has 0 fully saturated rings. The molecule has 0 bridgehead atoms. The summed E-state index contributed by atoms with van der Waals surface area (Å²) in [6.45, 7) is 6.22. The Morgan fingerprint density at radius 1 is 1.37 bits per heavy atom. The van der Waals surface area contributed by atoms with Crippen LogP contribution in [0.1, 0.15) is 26.7 Å². The lowest BCUT2D eigenvalue weighted by atomic mass is 9.85. The Morgan fingerprint density at radius 2 is 2.11 bits per heavy atom. The van der Waals surface area contributed by atoms with Gasteiger partial charge in [-0.25, -0.2) is 0 Å². The highest BCUT2D eigenvalue weighted by molar-refractivity contribution is 5.56. The molecule has 5 nitrogen and oxygen atoms in total. The molecule has 102 valence electrons. The maximum absolute atomic E-state index is 9.43. The van der Waals surface area contributed by atoms with E-state index >= 15 is 0 Å². The lowest BCUT2D eigenvalue weighted by molar-refractivity contribution is 0.286. The fourth-order valence-electron chi connectivity index (χ4n) is 1.59. The second-order valence-corrected chi connectivity index (χ2v) is 5.74. The van der Waals surface area contributed by atoms with Crippen molar-refractivity contribution in [3.63, 3.8) is 0 Å². The summed E-state index contributed by atoms with van der Waals surface area (Å²) in [5.41, 5.74) is 6.79. The Balaban J connectivity index is 2.16. The van der Waals surface area contributed by atoms with Crippen molar-refractivity contribution in [2.45, 2.75) is 33.2 Å². The number of nitrogens with two attached hydrogens (primary N) is 1. The van der Waals surface area contributed by atoms with Crippen LogP contribution in [-0.2, 0) is 6.42 Å². The summed E-state index contributed by atoms with van der Waals surface area (Å²) < 4.78 is 5.20. The minimum Gasteiger partial charge on any atom is -0.508 e. The van der Waals surface area contributed by atoms with Crippen molar-refractivity contribution in [1.82, 2.24) is 10.1 Å². The van der Waals surface area contributed by atoms with Gasteiger partial charge in [0.05, 0.1) is 0 Å². The van der Waals surface area contributed by atoms with Crippen molar-refractivity contribution in [3.8, 4) is 17.1 Å². The largest absolute Gasteiger partial charge is 0.508 e. The third kappa shape index (κ3) is 3.32. The highest BCUT2D eigenvalue weighted by atomic mass is 16.5. The molecule has 1 aromatic heterocycles. The van der Waals surface area contributed by atoms with Gasteiger partial charge in [0, 0.05) is 18.0 Å². The molecule has 19 heavy (non-hydrogen) atoms. The minimum absolute atomic E-state index is 0.0142. The van der Waals surface area contributed by atoms with E-state index in [0.717, 1.165) is 5.56 Å². The quantitative estimate of drug-likeness (QED) is 0.885. The molecule has 1 unspecified atom stereocenters. The molecule has 0 aliphatic rings. The summed E-state index contributed by atoms with van der Waals surface area (Å²) in [5.74, 6) is 1.16. The molecule has 0 saturated heterocycles. The number of phenols is 1. The van der Waals surface area contributed by atoms with Crippen LogP contribution < -0.4 is 5.73 Å². The first-order valence-electron chi connectivity index (χ1n) is 6.24. The van der Waals surface area contributed by atoms with E-state index in [-0.39, 0.29) is 17.2 Å². The predicted molar refractivity (Wildman–Crippen MR) is 72.5 cm³/mol. The van der Waals surface area contributed by atoms with E-state index in [0.29, 0.717) is 18.1 Å². The fourth-order valence-corrected chi connectivity index (χ4v) is 1.59. The molecule has 0 amide bonds. The molecule has 3 N–H and O–H groups in total. The molecule has 0 radical (unpaired) electrons. The molecular formula is C14H19N3O2. The average Bonchev–Trinajstić information content (AvgIpc) is 2.76. The lowest BCUT2D eigenvalue weighted by Crippen LogP contribution is -2.36. The zero-order valence-corrected chi connectivity index (χ0v) is 11.4. The zero-order chi connectivity index (χ0) is 14.0. The molecule has 0 aliphatic carbocycles. The van der Waals surface area contributed by atoms with Crippen molar-refractivity contribution in [1.29, 1.82) is 0 Å². The van der Waals surface area contributed by atoms with E-state index in [9.17, 15) is 5.11 Å². The second-order valence-electron chi connectivity index (χ2n) is 5.74. The van der Waals surface area contributed by atoms with Crippen LogP contribution in [0.25, 0.3) is 11.4 Å². The highest BCUT2D eigenvalue weighted by Gasteiger charge is 2.23. The summed E-state index contributed by atoms with van der Waals surface area (Å²) in [4.78, 5) is 4.31. The molecule has 0 aliphatic heterocycles. The van der Waals surface area contributed by atoms with Gasteiger partial charge in [0.15, 0.2) is 0 Å². The normalized spacial score (nSPS) is 13.5. The maximum atomic E-state index is 9.43. The third-order valence-electron chi connectivity index (χ3n) is 3.08. The first-order chi connectivity index (χ1) is 8.86. The van der Waals surface area contributed by atoms with Crippen LogP contribution in [0.3, 0.4) is 0 Å². The zero-order valence-electron chi connectivity index (χ0n) is 11.4. The van der Waals surface area contributed by atoms with Crippen LogP contribution in [0.4, 0.5) is 0 Å². The topological polar surface area (TPSA) is 85.2 Å². The summed E-state index contributed by atoms with van der Waals surface area (Å²) in [7, 11) is 0. The standard InChI is InChI=1S/C14H19N3O2/c1-14(2,3)11(15)8-12-16-13(17-19-12)9-5-4-6-10(18)7-9/h4-7,11,18H,8,15H2,1-3H3. The monoisotopic (exact) mass is 261 g/mol. The number of phenolic OH excluding ortho intramolecular Hbond substituents is 1. The third-order valence-corrected chi connectivity index (χ3v) is 3.08. The minimum atomic E-state index is -0.0509. The number of nitrogens with zero attached hydrogens (tertiary/aromatic N) is 2. The fraction of sp³-hybridized carbons (Fsp3) is 0.429. The molecule has 1 atom stereocenters. The van der Waals surface area contributed by atoms with Gasteiger partial charge in [-0.1, -0.05) is 38.1 Å². The highest BCUT2D eigenvalue weighted by Crippen LogP contribution is 2.23. The molecule has 2 aromatic rings. The van der Waals surface area contributed by atoms with Gasteiger partial charge in [-0.3, -0.25) is 0 Å². The van der Waals surface area contributed by atoms with Crippen molar-refractivity contribution >= 4 is 0 Å². The second kappa shape index (κ2) is 5.01. The number of hydrogen-bond acceptors (Lipinski definition) is 5. The first kappa shape index (κ1) is 13.5. The number of benzene rings is 1. The molecule has 2 rings (SSSR count). The van der Waals surface area contributed by atoms with Crippen molar-refractivity contribution in [3.05, 3.63) is 30.2 Å². The van der Waals surface area contributed by atoms with Gasteiger partial charge < -0.3 is 15.4 Å². The predicted octanol–water partition coefficient (Wildman–Crippen LogP) is 2.36. The Morgan fingerprint density at radius 3 is 2.74 bits per heavy atom. The summed E-state index contributed by atoms with van der Waals surface area (Å²) in [6.07, 6.45) is 0.537. The van der Waals surface area contributed by atoms with Crippen LogP contribution >= 0.6 is 0 Å². The SMILES string of the molecule is CC(C)(C)C(N)Cc1nc(-c2cccc(O)c2)no1. The van der Waals surface area contributed by atoms with E-state index in [1.807, 2.05) is 6.07 Å². The number of rotatable bonds is 3. The molecule has 1 aromatic carbocycles. The van der Waals surface area contributed by atoms with Gasteiger partial charge in [-0.05, 0) is 17.5 Å². The maximum Gasteiger partial charge on any atom is 0.228 e. The van der Waals surface area contributed by atoms with Crippen LogP contribution in [0.2, 0.25) is 0 Å². The van der Waals surface area contributed by atoms with Crippen molar-refractivity contribution < 1.29 is 9.63 Å². The number of hydrogen-bond donors (Lipinski definition) is 2. The van der Waals surface area contributed by atoms with E-state index in [2.05, 4.69) is 30.9 Å². The van der Waals surface area contributed by atoms with Crippen molar-refractivity contribution in [2.24, 2.45) is 11.1 Å². The van der Waals surface area contributed by atoms with Crippen LogP contribution in [-0.4, -0.2) is 21.3 Å². The molecule has 0 saturated carbocycles. The number of aromatic hydroxyl groups is 1. The molecule has 0 spiro atoms. The van der Waals surface area contributed by atoms with Gasteiger partial charge in [0.25, 0.3) is 0 Å². The first-order valence-corrected chi connectivity index (χ1v) is 6.24. The summed E-state index contributed by atoms with van der Waals surface area (Å²) in [5, 5.41) is 13.3. The van der Waals surface area contributed by atoms with Gasteiger partial charge in [0.2, 0.25) is 11.7 Å². The van der Waals surface area contributed by atoms with Gasteiger partial charge in [0.1, 0.15) is 5.75 Å². The molecule has 5 heteroatoms. The summed E-state index contributed by atoms with van der Waals surface area (Å²) >= 11 is 0. The van der Waals surface area contributed by atoms with Crippen LogP contribution in [0.15, 0.2) is 28.8 Å². The van der Waals surface area contributed by atoms with Gasteiger partial charge in [-0.2, -0.15) is 4.98 Å². The van der Waals surface area contributed by atoms with Crippen molar-refractivity contribution in [2.75, 3.05) is 0 Å². The molecular weight excluding hydrogens is 242 g/mol. The Hall–Kier alpha value is -1.88. The smallest absolute Gasteiger partial charge is 0.228 e. The average molecular weight is 261 g/mol. The Kier molecular flexibility index (Phi) is 3.57. The van der Waals surface area contributed by atoms with E-state index in [4.69, 9.17) is 10.3 Å². The van der Waals surface area contributed by atoms with E-state index < -0.39 is 0 Å². The van der Waals surface area contributed by atoms with Gasteiger partial charge in [-0.15, -0.1) is 0 Å². The van der Waals surface area contributed by atoms with Crippen LogP contribution in [0.5, 0.6) is 5.75 Å². The van der Waals surface area contributed by atoms with Gasteiger partial charge >= 0.3 is 0 Å². The van der Waals surface area contributed by atoms with Crippen LogP contribution in [0, 0.1) is 5.41 Å².